The second-order valence-electron chi connectivity index (χ2n) is 14.5. The quantitative estimate of drug-likeness (QED) is 0.123. The second kappa shape index (κ2) is 13.4. The lowest BCUT2D eigenvalue weighted by molar-refractivity contribution is 1.32. The van der Waals surface area contributed by atoms with Crippen LogP contribution in [-0.4, -0.2) is 9.38 Å². The third-order valence-electron chi connectivity index (χ3n) is 11.5. The predicted molar refractivity (Wildman–Crippen MR) is 255 cm³/mol. The van der Waals surface area contributed by atoms with Gasteiger partial charge >= 0.3 is 0 Å². The van der Waals surface area contributed by atoms with E-state index >= 15 is 0 Å². The van der Waals surface area contributed by atoms with Crippen molar-refractivity contribution in [1.29, 1.82) is 0 Å². The molecule has 0 aliphatic heterocycles. The van der Waals surface area contributed by atoms with E-state index in [9.17, 15) is 0 Å². The van der Waals surface area contributed by atoms with Gasteiger partial charge in [0.25, 0.3) is 0 Å². The van der Waals surface area contributed by atoms with Crippen molar-refractivity contribution in [3.05, 3.63) is 206 Å². The fraction of sp³-hybridized carbons (Fsp3) is 0. The minimum absolute atomic E-state index is 0.905. The van der Waals surface area contributed by atoms with E-state index in [-0.39, 0.29) is 0 Å². The number of aromatic nitrogens is 2. The minimum Gasteiger partial charge on any atom is -0.292 e. The number of para-hydroxylation sites is 2. The molecule has 11 aromatic rings. The van der Waals surface area contributed by atoms with Crippen LogP contribution in [0.15, 0.2) is 206 Å². The Bertz CT molecular complexity index is 3430. The van der Waals surface area contributed by atoms with Gasteiger partial charge in [-0.05, 0) is 66.3 Å². The topological polar surface area (TPSA) is 17.3 Å². The van der Waals surface area contributed by atoms with E-state index in [4.69, 9.17) is 28.6 Å². The summed E-state index contributed by atoms with van der Waals surface area (Å²) in [6, 6.07) is 68.8. The number of pyridine rings is 1. The molecule has 1 atom stereocenters. The number of hydrogen-bond acceptors (Lipinski definition) is 3. The van der Waals surface area contributed by atoms with E-state index in [0.717, 1.165) is 64.8 Å². The fourth-order valence-electron chi connectivity index (χ4n) is 8.87. The molecule has 270 valence electrons. The highest BCUT2D eigenvalue weighted by Gasteiger charge is 2.32. The van der Waals surface area contributed by atoms with Gasteiger partial charge in [0.2, 0.25) is 0 Å². The lowest BCUT2D eigenvalue weighted by atomic mass is 10.0. The molecule has 0 fully saturated rings. The van der Waals surface area contributed by atoms with Gasteiger partial charge in [0.15, 0.2) is 0 Å². The van der Waals surface area contributed by atoms with E-state index in [2.05, 4.69) is 211 Å². The Balaban J connectivity index is 1.27. The lowest BCUT2D eigenvalue weighted by Crippen LogP contribution is -2.25. The summed E-state index contributed by atoms with van der Waals surface area (Å²) >= 11 is 14.2. The highest BCUT2D eigenvalue weighted by atomic mass is 32.4. The van der Waals surface area contributed by atoms with Gasteiger partial charge < -0.3 is 0 Å². The van der Waals surface area contributed by atoms with Gasteiger partial charge in [0, 0.05) is 33.5 Å². The third kappa shape index (κ3) is 5.19. The summed E-state index contributed by atoms with van der Waals surface area (Å²) < 4.78 is 2.37. The summed E-state index contributed by atoms with van der Waals surface area (Å²) in [4.78, 5) is 5.77. The first-order chi connectivity index (χ1) is 28.0. The van der Waals surface area contributed by atoms with Crippen molar-refractivity contribution in [1.82, 2.24) is 9.38 Å². The molecule has 0 N–H and O–H groups in total. The van der Waals surface area contributed by atoms with Crippen LogP contribution in [0.3, 0.4) is 0 Å². The molecule has 6 heteroatoms. The van der Waals surface area contributed by atoms with Crippen LogP contribution < -0.4 is 31.8 Å². The maximum Gasteiger partial charge on any atom is 0.147 e. The van der Waals surface area contributed by atoms with Crippen molar-refractivity contribution in [2.75, 3.05) is 0 Å². The first-order valence-corrected chi connectivity index (χ1v) is 24.7. The van der Waals surface area contributed by atoms with Crippen molar-refractivity contribution in [3.8, 4) is 0 Å². The molecule has 2 aromatic heterocycles. The molecule has 0 amide bonds. The minimum atomic E-state index is -2.66. The van der Waals surface area contributed by atoms with Crippen LogP contribution >= 0.6 is 12.1 Å². The van der Waals surface area contributed by atoms with Crippen LogP contribution in [0.5, 0.6) is 0 Å². The molecule has 0 saturated heterocycles. The van der Waals surface area contributed by atoms with Crippen molar-refractivity contribution in [2.24, 2.45) is 0 Å². The zero-order valence-corrected chi connectivity index (χ0v) is 34.2. The first-order valence-electron chi connectivity index (χ1n) is 19.1. The van der Waals surface area contributed by atoms with Gasteiger partial charge in [-0.25, -0.2) is 4.98 Å². The van der Waals surface area contributed by atoms with Gasteiger partial charge in [-0.3, -0.25) is 4.40 Å². The molecule has 0 radical (unpaired) electrons. The number of hydrogen-bond donors (Lipinski definition) is 0. The van der Waals surface area contributed by atoms with E-state index < -0.39 is 12.1 Å². The number of nitrogens with zero attached hydrogens (tertiary/aromatic N) is 2. The molecule has 0 spiro atoms. The second-order valence-corrected chi connectivity index (χ2v) is 23.3. The molecular formula is C51H34N2P2S2. The highest BCUT2D eigenvalue weighted by Crippen LogP contribution is 2.48. The number of fused-ring (bicyclic) bond motifs is 11. The highest BCUT2D eigenvalue weighted by molar-refractivity contribution is 8.26. The lowest BCUT2D eigenvalue weighted by Gasteiger charge is -2.26. The van der Waals surface area contributed by atoms with Gasteiger partial charge in [-0.2, -0.15) is 0 Å². The Hall–Kier alpha value is -5.73. The van der Waals surface area contributed by atoms with Crippen molar-refractivity contribution < 1.29 is 0 Å². The Morgan fingerprint density at radius 2 is 0.877 bits per heavy atom. The normalized spacial score (nSPS) is 13.2. The molecule has 57 heavy (non-hydrogen) atoms. The average Bonchev–Trinajstić information content (AvgIpc) is 3.69. The van der Waals surface area contributed by atoms with Gasteiger partial charge in [-0.15, -0.1) is 0 Å². The number of benzene rings is 9. The van der Waals surface area contributed by atoms with E-state index in [1.807, 2.05) is 0 Å². The number of rotatable bonds is 6. The Morgan fingerprint density at radius 1 is 0.368 bits per heavy atom. The van der Waals surface area contributed by atoms with Crippen LogP contribution in [0.1, 0.15) is 0 Å². The van der Waals surface area contributed by atoms with Crippen molar-refractivity contribution in [2.45, 2.75) is 0 Å². The maximum atomic E-state index is 7.15. The Labute approximate surface area is 341 Å². The van der Waals surface area contributed by atoms with Crippen LogP contribution in [0.4, 0.5) is 0 Å². The summed E-state index contributed by atoms with van der Waals surface area (Å²) in [7, 11) is 0. The van der Waals surface area contributed by atoms with E-state index in [1.54, 1.807) is 0 Å². The Kier molecular flexibility index (Phi) is 8.14. The van der Waals surface area contributed by atoms with Crippen LogP contribution in [0, 0.1) is 0 Å². The molecule has 2 nitrogen and oxygen atoms in total. The summed E-state index contributed by atoms with van der Waals surface area (Å²) in [5, 5.41) is 15.2. The molecule has 9 aromatic carbocycles. The monoisotopic (exact) mass is 800 g/mol. The largest absolute Gasteiger partial charge is 0.292 e. The standard InChI is InChI=1S/C51H34N2P2S2/c56-54(37-17-4-1-5-18-37,38-19-6-2-7-20-38)47-28-14-25-44-43-24-12-13-26-45(43)53-46-27-15-29-48(50(46)52-51(53)49(44)47)55(57,39-21-8-3-9-22-39)40-32-33-42-36(34-40)31-30-35-16-10-11-23-41(35)42/h1-34H. The molecule has 0 aliphatic carbocycles. The molecule has 11 rings (SSSR count). The van der Waals surface area contributed by atoms with Crippen LogP contribution in [-0.2, 0) is 23.6 Å². The average molecular weight is 801 g/mol. The summed E-state index contributed by atoms with van der Waals surface area (Å²) in [6.45, 7) is 0. The summed E-state index contributed by atoms with van der Waals surface area (Å²) in [5.41, 5.74) is 3.99. The molecule has 0 aliphatic rings. The van der Waals surface area contributed by atoms with Crippen LogP contribution in [0.2, 0.25) is 0 Å². The first kappa shape index (κ1) is 34.5. The predicted octanol–water partition coefficient (Wildman–Crippen LogP) is 10.6. The van der Waals surface area contributed by atoms with Gasteiger partial charge in [0.1, 0.15) is 5.65 Å². The molecular weight excluding hydrogens is 767 g/mol. The van der Waals surface area contributed by atoms with E-state index in [1.165, 1.54) is 26.9 Å². The van der Waals surface area contributed by atoms with Crippen molar-refractivity contribution >= 4 is 127 Å². The summed E-state index contributed by atoms with van der Waals surface area (Å²) in [6.07, 6.45) is 0. The van der Waals surface area contributed by atoms with Gasteiger partial charge in [-0.1, -0.05) is 212 Å². The molecule has 0 bridgehead atoms. The van der Waals surface area contributed by atoms with Gasteiger partial charge in [0.05, 0.1) is 16.6 Å². The zero-order chi connectivity index (χ0) is 38.1. The molecule has 2 heterocycles. The SMILES string of the molecule is S=P(c1ccccc1)(c1ccc2c(ccc3ccccc32)c1)c1cccc2c1nc1c3c(P(=S)(c4ccccc4)c4ccccc4)cccc3c3ccccc3n21. The zero-order valence-electron chi connectivity index (χ0n) is 30.7. The maximum absolute atomic E-state index is 7.15. The molecule has 0 saturated carbocycles. The fourth-order valence-corrected chi connectivity index (χ4v) is 16.9. The van der Waals surface area contributed by atoms with E-state index in [0.29, 0.717) is 0 Å². The number of imidazole rings is 1. The molecule has 1 unspecified atom stereocenters. The van der Waals surface area contributed by atoms with Crippen LogP contribution in [0.25, 0.3) is 59.9 Å². The smallest absolute Gasteiger partial charge is 0.147 e. The summed E-state index contributed by atoms with van der Waals surface area (Å²) in [5.74, 6) is 0. The Morgan fingerprint density at radius 3 is 1.58 bits per heavy atom. The van der Waals surface area contributed by atoms with Crippen molar-refractivity contribution in [3.63, 3.8) is 0 Å². The third-order valence-corrected chi connectivity index (χ3v) is 21.4.